The number of rotatable bonds is 6. The van der Waals surface area contributed by atoms with E-state index < -0.39 is 29.0 Å². The van der Waals surface area contributed by atoms with Gasteiger partial charge in [0.15, 0.2) is 17.3 Å². The number of aliphatic hydroxyl groups is 1. The molecule has 0 spiro atoms. The highest BCUT2D eigenvalue weighted by Gasteiger charge is 2.62. The van der Waals surface area contributed by atoms with Crippen LogP contribution in [0.15, 0.2) is 23.8 Å². The van der Waals surface area contributed by atoms with E-state index in [1.807, 2.05) is 27.7 Å². The summed E-state index contributed by atoms with van der Waals surface area (Å²) < 4.78 is 22.1. The number of allylic oxidation sites excluding steroid dienone is 1. The molecule has 0 aliphatic heterocycles. The maximum atomic E-state index is 13.3. The van der Waals surface area contributed by atoms with E-state index in [-0.39, 0.29) is 17.3 Å². The molecule has 0 radical (unpaired) electrons. The van der Waals surface area contributed by atoms with Gasteiger partial charge in [0.1, 0.15) is 6.10 Å². The van der Waals surface area contributed by atoms with Crippen molar-refractivity contribution in [2.45, 2.75) is 58.7 Å². The minimum Gasteiger partial charge on any atom is -0.493 e. The van der Waals surface area contributed by atoms with Gasteiger partial charge >= 0.3 is 5.97 Å². The van der Waals surface area contributed by atoms with Crippen molar-refractivity contribution < 1.29 is 33.6 Å². The standard InChI is InChI=1S/C25H34O7/c1-14(2)25(28)9-8-24(4)20(26)11-15(3)10-19(22(24)25)32-23(27)16-12-17(29-5)21(31-7)18(13-16)30-6/h11-14,19,22,28H,8-10H2,1-7H3/t19-,22+,24+,25+/m0/s1. The van der Waals surface area contributed by atoms with Crippen LogP contribution in [0.1, 0.15) is 57.3 Å². The fourth-order valence-corrected chi connectivity index (χ4v) is 5.38. The number of hydrogen-bond acceptors (Lipinski definition) is 7. The van der Waals surface area contributed by atoms with Crippen LogP contribution < -0.4 is 14.2 Å². The zero-order valence-corrected chi connectivity index (χ0v) is 20.0. The first-order chi connectivity index (χ1) is 15.0. The largest absolute Gasteiger partial charge is 0.493 e. The topological polar surface area (TPSA) is 91.3 Å². The van der Waals surface area contributed by atoms with E-state index in [1.54, 1.807) is 6.08 Å². The summed E-state index contributed by atoms with van der Waals surface area (Å²) in [5.74, 6) is -0.127. The van der Waals surface area contributed by atoms with Gasteiger partial charge in [0.2, 0.25) is 5.75 Å². The molecule has 0 unspecified atom stereocenters. The number of benzene rings is 1. The van der Waals surface area contributed by atoms with Gasteiger partial charge in [-0.2, -0.15) is 0 Å². The highest BCUT2D eigenvalue weighted by atomic mass is 16.5. The number of ether oxygens (including phenoxy) is 4. The van der Waals surface area contributed by atoms with E-state index in [4.69, 9.17) is 18.9 Å². The molecule has 0 saturated heterocycles. The van der Waals surface area contributed by atoms with Crippen molar-refractivity contribution >= 4 is 11.8 Å². The smallest absolute Gasteiger partial charge is 0.338 e. The molecule has 1 aromatic rings. The summed E-state index contributed by atoms with van der Waals surface area (Å²) in [6.07, 6.45) is 2.42. The fourth-order valence-electron chi connectivity index (χ4n) is 5.38. The minimum absolute atomic E-state index is 0.0112. The maximum Gasteiger partial charge on any atom is 0.338 e. The second kappa shape index (κ2) is 8.77. The van der Waals surface area contributed by atoms with Gasteiger partial charge in [0.05, 0.1) is 32.5 Å². The summed E-state index contributed by atoms with van der Waals surface area (Å²) in [6.45, 7) is 7.63. The molecule has 2 aliphatic rings. The summed E-state index contributed by atoms with van der Waals surface area (Å²) in [7, 11) is 4.44. The zero-order valence-electron chi connectivity index (χ0n) is 20.0. The van der Waals surface area contributed by atoms with E-state index in [0.29, 0.717) is 36.5 Å². The first-order valence-electron chi connectivity index (χ1n) is 11.0. The molecule has 7 heteroatoms. The van der Waals surface area contributed by atoms with Crippen molar-refractivity contribution in [3.05, 3.63) is 29.3 Å². The number of carbonyl (C=O) groups excluding carboxylic acids is 2. The molecule has 1 N–H and O–H groups in total. The lowest BCUT2D eigenvalue weighted by Crippen LogP contribution is -2.51. The molecule has 0 heterocycles. The van der Waals surface area contributed by atoms with Gasteiger partial charge in [-0.3, -0.25) is 4.79 Å². The predicted molar refractivity (Wildman–Crippen MR) is 119 cm³/mol. The SMILES string of the molecule is COc1cc(C(=O)O[C@H]2CC(C)=CC(=O)[C@@]3(C)CC[C@@](O)(C(C)C)[C@H]23)cc(OC)c1OC. The Morgan fingerprint density at radius 1 is 1.09 bits per heavy atom. The zero-order chi connectivity index (χ0) is 23.8. The summed E-state index contributed by atoms with van der Waals surface area (Å²) in [4.78, 5) is 26.4. The Hall–Kier alpha value is -2.54. The first kappa shape index (κ1) is 24.1. The van der Waals surface area contributed by atoms with Gasteiger partial charge in [0.25, 0.3) is 0 Å². The van der Waals surface area contributed by atoms with Gasteiger partial charge in [-0.1, -0.05) is 26.3 Å². The van der Waals surface area contributed by atoms with Crippen LogP contribution in [-0.2, 0) is 9.53 Å². The summed E-state index contributed by atoms with van der Waals surface area (Å²) >= 11 is 0. The van der Waals surface area contributed by atoms with Crippen LogP contribution in [0, 0.1) is 17.3 Å². The van der Waals surface area contributed by atoms with Crippen LogP contribution in [0.3, 0.4) is 0 Å². The molecule has 0 amide bonds. The Morgan fingerprint density at radius 3 is 2.19 bits per heavy atom. The monoisotopic (exact) mass is 446 g/mol. The molecule has 176 valence electrons. The average Bonchev–Trinajstić information content (AvgIpc) is 3.00. The Balaban J connectivity index is 2.02. The van der Waals surface area contributed by atoms with Crippen LogP contribution in [-0.4, -0.2) is 49.9 Å². The van der Waals surface area contributed by atoms with Crippen molar-refractivity contribution in [3.63, 3.8) is 0 Å². The Labute approximate surface area is 189 Å². The van der Waals surface area contributed by atoms with E-state index in [0.717, 1.165) is 5.57 Å². The molecule has 1 saturated carbocycles. The van der Waals surface area contributed by atoms with E-state index in [9.17, 15) is 14.7 Å². The Bertz CT molecular complexity index is 909. The third-order valence-corrected chi connectivity index (χ3v) is 7.26. The van der Waals surface area contributed by atoms with Crippen molar-refractivity contribution in [1.82, 2.24) is 0 Å². The molecule has 1 fully saturated rings. The fraction of sp³-hybridized carbons (Fsp3) is 0.600. The lowest BCUT2D eigenvalue weighted by atomic mass is 9.67. The Morgan fingerprint density at radius 2 is 1.69 bits per heavy atom. The molecule has 7 nitrogen and oxygen atoms in total. The molecule has 0 bridgehead atoms. The van der Waals surface area contributed by atoms with Gasteiger partial charge in [-0.15, -0.1) is 0 Å². The summed E-state index contributed by atoms with van der Waals surface area (Å²) in [5, 5.41) is 11.6. The van der Waals surface area contributed by atoms with Gasteiger partial charge in [-0.05, 0) is 43.9 Å². The number of esters is 1. The number of carbonyl (C=O) groups is 2. The summed E-state index contributed by atoms with van der Waals surface area (Å²) in [5.41, 5.74) is -0.830. The minimum atomic E-state index is -1.11. The molecule has 1 aromatic carbocycles. The molecule has 4 atom stereocenters. The second-order valence-corrected chi connectivity index (χ2v) is 9.46. The number of fused-ring (bicyclic) bond motifs is 1. The van der Waals surface area contributed by atoms with Crippen LogP contribution in [0.4, 0.5) is 0 Å². The molecule has 3 rings (SSSR count). The van der Waals surface area contributed by atoms with Crippen LogP contribution in [0.2, 0.25) is 0 Å². The van der Waals surface area contributed by atoms with Crippen molar-refractivity contribution in [3.8, 4) is 17.2 Å². The highest BCUT2D eigenvalue weighted by Crippen LogP contribution is 2.57. The van der Waals surface area contributed by atoms with Crippen LogP contribution >= 0.6 is 0 Å². The molecular formula is C25H34O7. The van der Waals surface area contributed by atoms with Crippen molar-refractivity contribution in [2.75, 3.05) is 21.3 Å². The van der Waals surface area contributed by atoms with Crippen molar-refractivity contribution in [1.29, 1.82) is 0 Å². The van der Waals surface area contributed by atoms with Crippen LogP contribution in [0.25, 0.3) is 0 Å². The third-order valence-electron chi connectivity index (χ3n) is 7.26. The quantitative estimate of drug-likeness (QED) is 0.661. The first-order valence-corrected chi connectivity index (χ1v) is 11.0. The van der Waals surface area contributed by atoms with Gasteiger partial charge in [0, 0.05) is 17.8 Å². The predicted octanol–water partition coefficient (Wildman–Crippen LogP) is 3.96. The molecule has 2 aliphatic carbocycles. The lowest BCUT2D eigenvalue weighted by molar-refractivity contribution is -0.140. The number of hydrogen-bond donors (Lipinski definition) is 1. The lowest BCUT2D eigenvalue weighted by Gasteiger charge is -2.42. The number of ketones is 1. The van der Waals surface area contributed by atoms with E-state index >= 15 is 0 Å². The third kappa shape index (κ3) is 3.87. The highest BCUT2D eigenvalue weighted by molar-refractivity contribution is 5.96. The van der Waals surface area contributed by atoms with E-state index in [1.165, 1.54) is 33.5 Å². The summed E-state index contributed by atoms with van der Waals surface area (Å²) in [6, 6.07) is 3.08. The molecular weight excluding hydrogens is 412 g/mol. The van der Waals surface area contributed by atoms with Gasteiger partial charge < -0.3 is 24.1 Å². The average molecular weight is 447 g/mol. The molecule has 32 heavy (non-hydrogen) atoms. The van der Waals surface area contributed by atoms with Crippen molar-refractivity contribution in [2.24, 2.45) is 17.3 Å². The normalized spacial score (nSPS) is 29.8. The second-order valence-electron chi connectivity index (χ2n) is 9.46. The maximum absolute atomic E-state index is 13.3. The Kier molecular flexibility index (Phi) is 6.61. The number of methoxy groups -OCH3 is 3. The molecule has 0 aromatic heterocycles. The van der Waals surface area contributed by atoms with Gasteiger partial charge in [-0.25, -0.2) is 4.79 Å². The van der Waals surface area contributed by atoms with Crippen LogP contribution in [0.5, 0.6) is 17.2 Å². The van der Waals surface area contributed by atoms with E-state index in [2.05, 4.69) is 0 Å².